The quantitative estimate of drug-likeness (QED) is 0.826. The first kappa shape index (κ1) is 20.4. The number of aliphatic hydroxyl groups excluding tert-OH is 1. The van der Waals surface area contributed by atoms with E-state index in [1.165, 1.54) is 6.92 Å². The Morgan fingerprint density at radius 1 is 1.13 bits per heavy atom. The SMILES string of the molecule is CCC(=O)N1CC2(C1)[C@H](c1ccc(-c3cccc(OC)c3)cc1)[C@H](CO)N2C(C)=O. The first-order chi connectivity index (χ1) is 14.4. The molecule has 0 bridgehead atoms. The van der Waals surface area contributed by atoms with Crippen LogP contribution < -0.4 is 4.74 Å². The van der Waals surface area contributed by atoms with Crippen molar-refractivity contribution in [3.63, 3.8) is 0 Å². The molecule has 4 rings (SSSR count). The molecular weight excluding hydrogens is 380 g/mol. The number of amides is 2. The fourth-order valence-corrected chi connectivity index (χ4v) is 5.22. The molecule has 0 saturated carbocycles. The number of carbonyl (C=O) groups is 2. The molecule has 6 heteroatoms. The summed E-state index contributed by atoms with van der Waals surface area (Å²) in [4.78, 5) is 28.0. The van der Waals surface area contributed by atoms with Crippen molar-refractivity contribution < 1.29 is 19.4 Å². The first-order valence-electron chi connectivity index (χ1n) is 10.4. The van der Waals surface area contributed by atoms with Gasteiger partial charge in [-0.15, -0.1) is 0 Å². The van der Waals surface area contributed by atoms with Gasteiger partial charge < -0.3 is 19.6 Å². The maximum Gasteiger partial charge on any atom is 0.222 e. The molecule has 2 aromatic carbocycles. The second-order valence-electron chi connectivity index (χ2n) is 8.18. The third kappa shape index (κ3) is 3.06. The Hall–Kier alpha value is -2.86. The van der Waals surface area contributed by atoms with Crippen LogP contribution in [-0.4, -0.2) is 65.1 Å². The minimum atomic E-state index is -0.415. The van der Waals surface area contributed by atoms with Crippen LogP contribution in [0.1, 0.15) is 31.7 Å². The van der Waals surface area contributed by atoms with Gasteiger partial charge in [-0.05, 0) is 28.8 Å². The monoisotopic (exact) mass is 408 g/mol. The summed E-state index contributed by atoms with van der Waals surface area (Å²) in [5, 5.41) is 10.0. The summed E-state index contributed by atoms with van der Waals surface area (Å²) < 4.78 is 5.32. The highest BCUT2D eigenvalue weighted by molar-refractivity contribution is 5.81. The average molecular weight is 408 g/mol. The van der Waals surface area contributed by atoms with Crippen LogP contribution in [0.3, 0.4) is 0 Å². The molecule has 2 aliphatic heterocycles. The zero-order valence-electron chi connectivity index (χ0n) is 17.7. The summed E-state index contributed by atoms with van der Waals surface area (Å²) in [6, 6.07) is 15.9. The van der Waals surface area contributed by atoms with Gasteiger partial charge in [0.15, 0.2) is 0 Å². The number of likely N-dealkylation sites (tertiary alicyclic amines) is 2. The lowest BCUT2D eigenvalue weighted by Crippen LogP contribution is -2.85. The number of hydrogen-bond acceptors (Lipinski definition) is 4. The summed E-state index contributed by atoms with van der Waals surface area (Å²) >= 11 is 0. The Morgan fingerprint density at radius 2 is 1.83 bits per heavy atom. The molecule has 1 spiro atoms. The van der Waals surface area contributed by atoms with Crippen molar-refractivity contribution in [2.45, 2.75) is 37.8 Å². The van der Waals surface area contributed by atoms with Gasteiger partial charge in [-0.1, -0.05) is 43.3 Å². The van der Waals surface area contributed by atoms with Gasteiger partial charge in [0.05, 0.1) is 25.3 Å². The maximum absolute atomic E-state index is 12.3. The van der Waals surface area contributed by atoms with Gasteiger partial charge in [-0.25, -0.2) is 0 Å². The molecule has 30 heavy (non-hydrogen) atoms. The zero-order chi connectivity index (χ0) is 21.5. The second kappa shape index (κ2) is 7.76. The van der Waals surface area contributed by atoms with E-state index in [4.69, 9.17) is 4.74 Å². The Balaban J connectivity index is 1.62. The minimum Gasteiger partial charge on any atom is -0.497 e. The standard InChI is InChI=1S/C24H28N2O4/c1-4-22(29)25-14-24(15-25)23(21(13-27)26(24)16(2)28)18-10-8-17(9-11-18)19-6-5-7-20(12-19)30-3/h5-12,21,23,27H,4,13-15H2,1-3H3/t21-,23+/m0/s1. The highest BCUT2D eigenvalue weighted by Gasteiger charge is 2.67. The van der Waals surface area contributed by atoms with Gasteiger partial charge in [0.2, 0.25) is 11.8 Å². The van der Waals surface area contributed by atoms with E-state index in [0.717, 1.165) is 22.4 Å². The molecule has 0 unspecified atom stereocenters. The number of ether oxygens (including phenoxy) is 1. The topological polar surface area (TPSA) is 70.1 Å². The predicted molar refractivity (Wildman–Crippen MR) is 114 cm³/mol. The average Bonchev–Trinajstić information content (AvgIpc) is 2.72. The van der Waals surface area contributed by atoms with Crippen LogP contribution in [0.25, 0.3) is 11.1 Å². The van der Waals surface area contributed by atoms with Gasteiger partial charge in [0.25, 0.3) is 0 Å². The van der Waals surface area contributed by atoms with Crippen LogP contribution in [0, 0.1) is 0 Å². The fraction of sp³-hybridized carbons (Fsp3) is 0.417. The lowest BCUT2D eigenvalue weighted by atomic mass is 9.60. The highest BCUT2D eigenvalue weighted by Crippen LogP contribution is 2.54. The second-order valence-corrected chi connectivity index (χ2v) is 8.18. The lowest BCUT2D eigenvalue weighted by Gasteiger charge is -2.70. The molecule has 2 heterocycles. The van der Waals surface area contributed by atoms with Crippen molar-refractivity contribution in [1.29, 1.82) is 0 Å². The fourth-order valence-electron chi connectivity index (χ4n) is 5.22. The number of nitrogens with zero attached hydrogens (tertiary/aromatic N) is 2. The molecule has 6 nitrogen and oxygen atoms in total. The highest BCUT2D eigenvalue weighted by atomic mass is 16.5. The molecule has 158 valence electrons. The van der Waals surface area contributed by atoms with Gasteiger partial charge in [-0.2, -0.15) is 0 Å². The number of benzene rings is 2. The van der Waals surface area contributed by atoms with E-state index >= 15 is 0 Å². The van der Waals surface area contributed by atoms with Crippen molar-refractivity contribution in [2.75, 3.05) is 26.8 Å². The van der Waals surface area contributed by atoms with Crippen LogP contribution in [0.2, 0.25) is 0 Å². The molecule has 0 aromatic heterocycles. The molecule has 2 amide bonds. The molecule has 2 saturated heterocycles. The Labute approximate surface area is 177 Å². The van der Waals surface area contributed by atoms with Crippen LogP contribution in [0.4, 0.5) is 0 Å². The minimum absolute atomic E-state index is 0.00617. The number of rotatable bonds is 5. The Morgan fingerprint density at radius 3 is 2.40 bits per heavy atom. The first-order valence-corrected chi connectivity index (χ1v) is 10.4. The largest absolute Gasteiger partial charge is 0.497 e. The number of carbonyl (C=O) groups excluding carboxylic acids is 2. The molecule has 0 radical (unpaired) electrons. The molecule has 2 atom stereocenters. The third-order valence-electron chi connectivity index (χ3n) is 6.56. The zero-order valence-corrected chi connectivity index (χ0v) is 17.7. The summed E-state index contributed by atoms with van der Waals surface area (Å²) in [5.41, 5.74) is 2.81. The molecular formula is C24H28N2O4. The van der Waals surface area contributed by atoms with E-state index in [-0.39, 0.29) is 30.4 Å². The van der Waals surface area contributed by atoms with Crippen molar-refractivity contribution >= 4 is 11.8 Å². The molecule has 1 N–H and O–H groups in total. The van der Waals surface area contributed by atoms with Gasteiger partial charge in [0, 0.05) is 32.4 Å². The summed E-state index contributed by atoms with van der Waals surface area (Å²) in [6.07, 6.45) is 0.458. The predicted octanol–water partition coefficient (Wildman–Crippen LogP) is 2.66. The number of methoxy groups -OCH3 is 1. The van der Waals surface area contributed by atoms with Crippen molar-refractivity contribution in [3.05, 3.63) is 54.1 Å². The van der Waals surface area contributed by atoms with Crippen molar-refractivity contribution in [2.24, 2.45) is 0 Å². The van der Waals surface area contributed by atoms with Crippen molar-refractivity contribution in [3.8, 4) is 16.9 Å². The van der Waals surface area contributed by atoms with Crippen LogP contribution in [-0.2, 0) is 9.59 Å². The molecule has 2 aromatic rings. The lowest BCUT2D eigenvalue weighted by molar-refractivity contribution is -0.201. The normalized spacial score (nSPS) is 21.7. The molecule has 2 aliphatic rings. The Kier molecular flexibility index (Phi) is 5.28. The summed E-state index contributed by atoms with van der Waals surface area (Å²) in [6.45, 7) is 4.35. The van der Waals surface area contributed by atoms with E-state index in [1.54, 1.807) is 16.9 Å². The van der Waals surface area contributed by atoms with Crippen LogP contribution in [0.5, 0.6) is 5.75 Å². The third-order valence-corrected chi connectivity index (χ3v) is 6.56. The smallest absolute Gasteiger partial charge is 0.222 e. The molecule has 2 fully saturated rings. The number of hydrogen-bond donors (Lipinski definition) is 1. The maximum atomic E-state index is 12.3. The van der Waals surface area contributed by atoms with Crippen molar-refractivity contribution in [1.82, 2.24) is 9.80 Å². The van der Waals surface area contributed by atoms with E-state index in [1.807, 2.05) is 31.2 Å². The van der Waals surface area contributed by atoms with E-state index in [9.17, 15) is 14.7 Å². The van der Waals surface area contributed by atoms with Gasteiger partial charge in [-0.3, -0.25) is 9.59 Å². The van der Waals surface area contributed by atoms with E-state index in [2.05, 4.69) is 24.3 Å². The van der Waals surface area contributed by atoms with Gasteiger partial charge in [0.1, 0.15) is 5.75 Å². The van der Waals surface area contributed by atoms with E-state index < -0.39 is 5.54 Å². The Bertz CT molecular complexity index is 950. The summed E-state index contributed by atoms with van der Waals surface area (Å²) in [7, 11) is 1.65. The van der Waals surface area contributed by atoms with E-state index in [0.29, 0.717) is 19.5 Å². The number of aliphatic hydroxyl groups is 1. The molecule has 0 aliphatic carbocycles. The van der Waals surface area contributed by atoms with Crippen LogP contribution >= 0.6 is 0 Å². The van der Waals surface area contributed by atoms with Crippen LogP contribution in [0.15, 0.2) is 48.5 Å². The summed E-state index contributed by atoms with van der Waals surface area (Å²) in [5.74, 6) is 0.861. The van der Waals surface area contributed by atoms with Gasteiger partial charge >= 0.3 is 0 Å².